The summed E-state index contributed by atoms with van der Waals surface area (Å²) >= 11 is 0. The average Bonchev–Trinajstić information content (AvgIpc) is 2.12. The van der Waals surface area contributed by atoms with Gasteiger partial charge in [-0.3, -0.25) is 5.32 Å². The Morgan fingerprint density at radius 2 is 1.56 bits per heavy atom. The van der Waals surface area contributed by atoms with Gasteiger partial charge in [-0.1, -0.05) is 44.5 Å². The fourth-order valence-corrected chi connectivity index (χ4v) is 1.90. The molecule has 1 unspecified atom stereocenters. The molecule has 0 saturated heterocycles. The molecule has 0 bridgehead atoms. The molecule has 0 aliphatic rings. The highest BCUT2D eigenvalue weighted by molar-refractivity contribution is 5.34. The molecule has 102 valence electrons. The van der Waals surface area contributed by atoms with E-state index in [0.717, 1.165) is 5.56 Å². The highest BCUT2D eigenvalue weighted by atomic mass is 16.3. The third-order valence-corrected chi connectivity index (χ3v) is 2.85. The van der Waals surface area contributed by atoms with Crippen LogP contribution in [0.4, 0.5) is 0 Å². The lowest BCUT2D eigenvalue weighted by molar-refractivity contribution is 0.106. The van der Waals surface area contributed by atoms with Crippen molar-refractivity contribution >= 4 is 0 Å². The van der Waals surface area contributed by atoms with Crippen LogP contribution in [0.3, 0.4) is 0 Å². The Morgan fingerprint density at radius 1 is 1.00 bits per heavy atom. The summed E-state index contributed by atoms with van der Waals surface area (Å²) in [6, 6.07) is 6.32. The first-order valence-corrected chi connectivity index (χ1v) is 6.57. The zero-order valence-corrected chi connectivity index (χ0v) is 12.8. The minimum Gasteiger partial charge on any atom is -0.374 e. The second kappa shape index (κ2) is 5.02. The van der Waals surface area contributed by atoms with Crippen molar-refractivity contribution in [2.45, 2.75) is 65.6 Å². The highest BCUT2D eigenvalue weighted by Gasteiger charge is 2.20. The maximum atomic E-state index is 10.3. The summed E-state index contributed by atoms with van der Waals surface area (Å²) < 4.78 is 0. The second-order valence-electron chi connectivity index (χ2n) is 7.18. The first-order chi connectivity index (χ1) is 7.99. The van der Waals surface area contributed by atoms with Gasteiger partial charge in [-0.25, -0.2) is 0 Å². The van der Waals surface area contributed by atoms with E-state index in [0.29, 0.717) is 0 Å². The third-order valence-electron chi connectivity index (χ3n) is 2.85. The summed E-state index contributed by atoms with van der Waals surface area (Å²) in [4.78, 5) is 0. The zero-order chi connectivity index (χ0) is 14.1. The fraction of sp³-hybridized carbons (Fsp3) is 0.625. The minimum absolute atomic E-state index is 0.0994. The summed E-state index contributed by atoms with van der Waals surface area (Å²) in [5.41, 5.74) is 3.38. The number of aliphatic hydroxyl groups is 1. The number of rotatable bonds is 2. The van der Waals surface area contributed by atoms with Gasteiger partial charge >= 0.3 is 0 Å². The average molecular weight is 249 g/mol. The maximum Gasteiger partial charge on any atom is 0.131 e. The molecule has 2 nitrogen and oxygen atoms in total. The number of hydrogen-bond acceptors (Lipinski definition) is 2. The number of benzene rings is 1. The van der Waals surface area contributed by atoms with E-state index in [1.165, 1.54) is 11.1 Å². The van der Waals surface area contributed by atoms with Crippen molar-refractivity contribution < 1.29 is 5.11 Å². The van der Waals surface area contributed by atoms with Crippen molar-refractivity contribution in [3.8, 4) is 0 Å². The van der Waals surface area contributed by atoms with Crippen LogP contribution in [0.2, 0.25) is 0 Å². The number of aryl methyl sites for hydroxylation is 1. The normalized spacial score (nSPS) is 14.7. The third kappa shape index (κ3) is 4.43. The molecular formula is C16H27NO. The predicted molar refractivity (Wildman–Crippen MR) is 77.7 cm³/mol. The molecule has 0 fully saturated rings. The van der Waals surface area contributed by atoms with E-state index in [1.807, 2.05) is 6.07 Å². The first kappa shape index (κ1) is 15.2. The van der Waals surface area contributed by atoms with Crippen LogP contribution in [0.25, 0.3) is 0 Å². The molecule has 0 aromatic heterocycles. The van der Waals surface area contributed by atoms with Crippen molar-refractivity contribution in [3.05, 3.63) is 34.9 Å². The Morgan fingerprint density at radius 3 is 2.00 bits per heavy atom. The molecule has 1 aromatic carbocycles. The van der Waals surface area contributed by atoms with Crippen molar-refractivity contribution in [1.29, 1.82) is 0 Å². The molecule has 1 aromatic rings. The van der Waals surface area contributed by atoms with Gasteiger partial charge in [-0.15, -0.1) is 0 Å². The SMILES string of the molecule is Cc1cc(C(O)NC(C)(C)C)cc(C(C)(C)C)c1. The molecule has 0 spiro atoms. The number of nitrogens with one attached hydrogen (secondary N) is 1. The van der Waals surface area contributed by atoms with Crippen LogP contribution in [-0.2, 0) is 5.41 Å². The van der Waals surface area contributed by atoms with Gasteiger partial charge < -0.3 is 5.11 Å². The van der Waals surface area contributed by atoms with Gasteiger partial charge in [0.2, 0.25) is 0 Å². The lowest BCUT2D eigenvalue weighted by Gasteiger charge is -2.27. The highest BCUT2D eigenvalue weighted by Crippen LogP contribution is 2.26. The maximum absolute atomic E-state index is 10.3. The summed E-state index contributed by atoms with van der Waals surface area (Å²) in [5.74, 6) is 0. The zero-order valence-electron chi connectivity index (χ0n) is 12.8. The van der Waals surface area contributed by atoms with Gasteiger partial charge in [0.15, 0.2) is 0 Å². The van der Waals surface area contributed by atoms with Crippen molar-refractivity contribution in [3.63, 3.8) is 0 Å². The molecule has 0 amide bonds. The van der Waals surface area contributed by atoms with E-state index in [-0.39, 0.29) is 11.0 Å². The Labute approximate surface area is 111 Å². The van der Waals surface area contributed by atoms with E-state index in [9.17, 15) is 5.11 Å². The van der Waals surface area contributed by atoms with E-state index in [1.54, 1.807) is 0 Å². The van der Waals surface area contributed by atoms with Gasteiger partial charge in [0, 0.05) is 5.54 Å². The van der Waals surface area contributed by atoms with Crippen LogP contribution in [0, 0.1) is 6.92 Å². The summed E-state index contributed by atoms with van der Waals surface area (Å²) in [7, 11) is 0. The van der Waals surface area contributed by atoms with Gasteiger partial charge in [0.25, 0.3) is 0 Å². The molecule has 0 aliphatic heterocycles. The summed E-state index contributed by atoms with van der Waals surface area (Å²) in [6.07, 6.45) is -0.619. The summed E-state index contributed by atoms with van der Waals surface area (Å²) in [6.45, 7) is 14.8. The summed E-state index contributed by atoms with van der Waals surface area (Å²) in [5, 5.41) is 13.5. The van der Waals surface area contributed by atoms with Gasteiger partial charge in [0.1, 0.15) is 6.23 Å². The molecule has 18 heavy (non-hydrogen) atoms. The topological polar surface area (TPSA) is 32.3 Å². The lowest BCUT2D eigenvalue weighted by Crippen LogP contribution is -2.38. The molecule has 1 rings (SSSR count). The fourth-order valence-electron chi connectivity index (χ4n) is 1.90. The smallest absolute Gasteiger partial charge is 0.131 e. The van der Waals surface area contributed by atoms with Crippen LogP contribution < -0.4 is 5.32 Å². The molecule has 2 heteroatoms. The van der Waals surface area contributed by atoms with Gasteiger partial charge in [0.05, 0.1) is 0 Å². The molecule has 0 radical (unpaired) electrons. The Hall–Kier alpha value is -0.860. The molecular weight excluding hydrogens is 222 g/mol. The van der Waals surface area contributed by atoms with Gasteiger partial charge in [-0.2, -0.15) is 0 Å². The monoisotopic (exact) mass is 249 g/mol. The van der Waals surface area contributed by atoms with E-state index >= 15 is 0 Å². The molecule has 1 atom stereocenters. The minimum atomic E-state index is -0.619. The molecule has 0 saturated carbocycles. The predicted octanol–water partition coefficient (Wildman–Crippen LogP) is 3.67. The lowest BCUT2D eigenvalue weighted by atomic mass is 9.85. The van der Waals surface area contributed by atoms with Crippen molar-refractivity contribution in [2.24, 2.45) is 0 Å². The number of hydrogen-bond donors (Lipinski definition) is 2. The van der Waals surface area contributed by atoms with Crippen LogP contribution in [0.15, 0.2) is 18.2 Å². The molecule has 0 aliphatic carbocycles. The Bertz CT molecular complexity index is 410. The second-order valence-corrected chi connectivity index (χ2v) is 7.18. The van der Waals surface area contributed by atoms with Crippen LogP contribution in [0.5, 0.6) is 0 Å². The molecule has 2 N–H and O–H groups in total. The van der Waals surface area contributed by atoms with E-state index in [4.69, 9.17) is 0 Å². The van der Waals surface area contributed by atoms with Crippen LogP contribution >= 0.6 is 0 Å². The van der Waals surface area contributed by atoms with Crippen LogP contribution in [0.1, 0.15) is 64.5 Å². The van der Waals surface area contributed by atoms with Crippen molar-refractivity contribution in [1.82, 2.24) is 5.32 Å². The number of aliphatic hydroxyl groups excluding tert-OH is 1. The Balaban J connectivity index is 3.07. The van der Waals surface area contributed by atoms with Crippen LogP contribution in [-0.4, -0.2) is 10.6 Å². The standard InChI is InChI=1S/C16H27NO/c1-11-8-12(14(18)17-16(5,6)7)10-13(9-11)15(2,3)4/h8-10,14,17-18H,1-7H3. The van der Waals surface area contributed by atoms with Crippen molar-refractivity contribution in [2.75, 3.05) is 0 Å². The Kier molecular flexibility index (Phi) is 4.24. The first-order valence-electron chi connectivity index (χ1n) is 6.57. The largest absolute Gasteiger partial charge is 0.374 e. The van der Waals surface area contributed by atoms with Gasteiger partial charge in [-0.05, 0) is 44.2 Å². The quantitative estimate of drug-likeness (QED) is 0.784. The van der Waals surface area contributed by atoms with E-state index < -0.39 is 6.23 Å². The van der Waals surface area contributed by atoms with E-state index in [2.05, 4.69) is 65.9 Å². The molecule has 0 heterocycles.